The summed E-state index contributed by atoms with van der Waals surface area (Å²) in [6.45, 7) is 0. The Hall–Kier alpha value is -4.46. The highest BCUT2D eigenvalue weighted by Gasteiger charge is 2.19. The first-order chi connectivity index (χ1) is 14.3. The molecular formula is C22H19N5O3. The molecule has 0 amide bonds. The van der Waals surface area contributed by atoms with Crippen LogP contribution in [-0.2, 0) is 0 Å². The quantitative estimate of drug-likeness (QED) is 0.141. The lowest BCUT2D eigenvalue weighted by atomic mass is 10.00. The van der Waals surface area contributed by atoms with Crippen molar-refractivity contribution in [3.8, 4) is 5.75 Å². The van der Waals surface area contributed by atoms with Crippen molar-refractivity contribution < 1.29 is 14.3 Å². The maximum absolute atomic E-state index is 13.0. The average molecular weight is 401 g/mol. The van der Waals surface area contributed by atoms with Gasteiger partial charge in [-0.05, 0) is 42.5 Å². The molecule has 0 aromatic heterocycles. The van der Waals surface area contributed by atoms with Crippen molar-refractivity contribution in [3.63, 3.8) is 0 Å². The number of carbonyl (C=O) groups excluding carboxylic acids is 2. The summed E-state index contributed by atoms with van der Waals surface area (Å²) < 4.78 is 5.47. The van der Waals surface area contributed by atoms with Crippen molar-refractivity contribution in [3.05, 3.63) is 95.1 Å². The van der Waals surface area contributed by atoms with Gasteiger partial charge in [-0.15, -0.1) is 0 Å². The zero-order chi connectivity index (χ0) is 21.7. The molecule has 3 aromatic rings. The Balaban J connectivity index is 1.91. The Kier molecular flexibility index (Phi) is 5.88. The van der Waals surface area contributed by atoms with Crippen LogP contribution in [0.25, 0.3) is 0 Å². The second kappa shape index (κ2) is 8.70. The molecule has 150 valence electrons. The van der Waals surface area contributed by atoms with Crippen LogP contribution in [0, 0.1) is 10.8 Å². The second-order valence-corrected chi connectivity index (χ2v) is 6.33. The van der Waals surface area contributed by atoms with Gasteiger partial charge in [0.2, 0.25) is 0 Å². The summed E-state index contributed by atoms with van der Waals surface area (Å²) in [6.07, 6.45) is 0. The number of nitrogen functional groups attached to an aromatic ring is 1. The number of benzene rings is 3. The van der Waals surface area contributed by atoms with Gasteiger partial charge in [-0.3, -0.25) is 15.6 Å². The minimum absolute atomic E-state index is 0.0600. The van der Waals surface area contributed by atoms with E-state index in [2.05, 4.69) is 5.32 Å². The lowest BCUT2D eigenvalue weighted by Gasteiger charge is -2.12. The van der Waals surface area contributed by atoms with Gasteiger partial charge >= 0.3 is 5.97 Å². The largest absolute Gasteiger partial charge is 0.422 e. The molecule has 3 aromatic carbocycles. The number of rotatable bonds is 6. The van der Waals surface area contributed by atoms with Crippen LogP contribution < -0.4 is 21.5 Å². The zero-order valence-electron chi connectivity index (χ0n) is 15.8. The van der Waals surface area contributed by atoms with Gasteiger partial charge in [0.25, 0.3) is 0 Å². The van der Waals surface area contributed by atoms with E-state index in [-0.39, 0.29) is 34.5 Å². The van der Waals surface area contributed by atoms with Crippen LogP contribution in [0.5, 0.6) is 5.75 Å². The van der Waals surface area contributed by atoms with E-state index >= 15 is 0 Å². The summed E-state index contributed by atoms with van der Waals surface area (Å²) in [7, 11) is 0. The van der Waals surface area contributed by atoms with E-state index < -0.39 is 5.97 Å². The number of amidine groups is 1. The lowest BCUT2D eigenvalue weighted by molar-refractivity contribution is 0.0733. The normalized spacial score (nSPS) is 10.1. The highest BCUT2D eigenvalue weighted by Crippen LogP contribution is 2.25. The zero-order valence-corrected chi connectivity index (χ0v) is 15.8. The lowest BCUT2D eigenvalue weighted by Crippen LogP contribution is -2.20. The van der Waals surface area contributed by atoms with Crippen molar-refractivity contribution in [1.82, 2.24) is 0 Å². The van der Waals surface area contributed by atoms with Crippen molar-refractivity contribution in [2.75, 3.05) is 5.32 Å². The standard InChI is InChI=1S/C22H19N5O3/c23-20(24)15-8-11-18(17(12-15)19(28)13-4-2-1-3-5-13)30-21(29)14-6-9-16(10-7-14)27-22(25)26/h1-12H,(H3,23,24)(H4,25,26,27). The molecule has 0 aliphatic heterocycles. The molecule has 0 atom stereocenters. The van der Waals surface area contributed by atoms with Gasteiger partial charge < -0.3 is 21.5 Å². The summed E-state index contributed by atoms with van der Waals surface area (Å²) in [6, 6.07) is 19.1. The van der Waals surface area contributed by atoms with Crippen molar-refractivity contribution in [2.45, 2.75) is 0 Å². The Bertz CT molecular complexity index is 1130. The number of guanidine groups is 1. The average Bonchev–Trinajstić information content (AvgIpc) is 2.74. The maximum Gasteiger partial charge on any atom is 0.343 e. The first kappa shape index (κ1) is 20.3. The van der Waals surface area contributed by atoms with E-state index in [4.69, 9.17) is 27.0 Å². The smallest absolute Gasteiger partial charge is 0.343 e. The molecule has 0 aliphatic rings. The number of hydrogen-bond donors (Lipinski definition) is 5. The first-order valence-corrected chi connectivity index (χ1v) is 8.86. The van der Waals surface area contributed by atoms with E-state index in [0.29, 0.717) is 16.8 Å². The van der Waals surface area contributed by atoms with Crippen molar-refractivity contribution in [2.24, 2.45) is 11.5 Å². The maximum atomic E-state index is 13.0. The molecule has 3 rings (SSSR count). The van der Waals surface area contributed by atoms with Gasteiger partial charge in [-0.2, -0.15) is 0 Å². The molecule has 30 heavy (non-hydrogen) atoms. The highest BCUT2D eigenvalue weighted by atomic mass is 16.5. The summed E-state index contributed by atoms with van der Waals surface area (Å²) in [5.41, 5.74) is 12.5. The van der Waals surface area contributed by atoms with Crippen LogP contribution >= 0.6 is 0 Å². The molecule has 0 aliphatic carbocycles. The minimum atomic E-state index is -0.665. The van der Waals surface area contributed by atoms with Gasteiger partial charge in [-0.25, -0.2) is 4.79 Å². The molecular weight excluding hydrogens is 382 g/mol. The molecule has 0 saturated heterocycles. The predicted molar refractivity (Wildman–Crippen MR) is 114 cm³/mol. The van der Waals surface area contributed by atoms with Crippen LogP contribution in [0.2, 0.25) is 0 Å². The third kappa shape index (κ3) is 4.68. The number of esters is 1. The van der Waals surface area contributed by atoms with E-state index in [1.54, 1.807) is 42.5 Å². The minimum Gasteiger partial charge on any atom is -0.422 e. The number of anilines is 1. The van der Waals surface area contributed by atoms with Crippen LogP contribution in [0.1, 0.15) is 31.8 Å². The highest BCUT2D eigenvalue weighted by molar-refractivity contribution is 6.12. The molecule has 8 heteroatoms. The molecule has 0 fully saturated rings. The van der Waals surface area contributed by atoms with E-state index in [9.17, 15) is 9.59 Å². The summed E-state index contributed by atoms with van der Waals surface area (Å²) in [5.74, 6) is -1.39. The summed E-state index contributed by atoms with van der Waals surface area (Å²) >= 11 is 0. The van der Waals surface area contributed by atoms with E-state index in [0.717, 1.165) is 0 Å². The first-order valence-electron chi connectivity index (χ1n) is 8.86. The number of ether oxygens (including phenoxy) is 1. The molecule has 0 saturated carbocycles. The molecule has 0 bridgehead atoms. The Morgan fingerprint density at radius 3 is 2.03 bits per heavy atom. The molecule has 0 radical (unpaired) electrons. The molecule has 0 spiro atoms. The van der Waals surface area contributed by atoms with E-state index in [1.807, 2.05) is 0 Å². The number of nitrogens with one attached hydrogen (secondary N) is 3. The Morgan fingerprint density at radius 1 is 0.800 bits per heavy atom. The number of hydrogen-bond acceptors (Lipinski definition) is 5. The van der Waals surface area contributed by atoms with Gasteiger partial charge in [0.15, 0.2) is 11.7 Å². The SMILES string of the molecule is N=C(N)Nc1ccc(C(=O)Oc2ccc(C(=N)N)cc2C(=O)c2ccccc2)cc1. The molecule has 0 unspecified atom stereocenters. The third-order valence-electron chi connectivity index (χ3n) is 4.17. The predicted octanol–water partition coefficient (Wildman–Crippen LogP) is 2.73. The summed E-state index contributed by atoms with van der Waals surface area (Å²) in [5, 5.41) is 17.5. The fourth-order valence-corrected chi connectivity index (χ4v) is 2.71. The second-order valence-electron chi connectivity index (χ2n) is 6.33. The third-order valence-corrected chi connectivity index (χ3v) is 4.17. The number of carbonyl (C=O) groups is 2. The number of ketones is 1. The van der Waals surface area contributed by atoms with Gasteiger partial charge in [-0.1, -0.05) is 30.3 Å². The van der Waals surface area contributed by atoms with Gasteiger partial charge in [0.1, 0.15) is 11.6 Å². The Labute approximate surface area is 172 Å². The van der Waals surface area contributed by atoms with Crippen LogP contribution in [-0.4, -0.2) is 23.5 Å². The fourth-order valence-electron chi connectivity index (χ4n) is 2.71. The van der Waals surface area contributed by atoms with Gasteiger partial charge in [0.05, 0.1) is 11.1 Å². The van der Waals surface area contributed by atoms with E-state index in [1.165, 1.54) is 30.3 Å². The molecule has 8 nitrogen and oxygen atoms in total. The fraction of sp³-hybridized carbons (Fsp3) is 0. The number of nitrogens with two attached hydrogens (primary N) is 2. The van der Waals surface area contributed by atoms with Crippen molar-refractivity contribution >= 4 is 29.2 Å². The van der Waals surface area contributed by atoms with Crippen molar-refractivity contribution in [1.29, 1.82) is 10.8 Å². The molecule has 7 N–H and O–H groups in total. The van der Waals surface area contributed by atoms with Gasteiger partial charge in [0, 0.05) is 16.8 Å². The van der Waals surface area contributed by atoms with Crippen LogP contribution in [0.4, 0.5) is 5.69 Å². The summed E-state index contributed by atoms with van der Waals surface area (Å²) in [4.78, 5) is 25.6. The topological polar surface area (TPSA) is 155 Å². The monoisotopic (exact) mass is 401 g/mol. The molecule has 0 heterocycles. The van der Waals surface area contributed by atoms with Crippen LogP contribution in [0.3, 0.4) is 0 Å². The van der Waals surface area contributed by atoms with Crippen LogP contribution in [0.15, 0.2) is 72.8 Å². The Morgan fingerprint density at radius 2 is 1.43 bits per heavy atom.